The van der Waals surface area contributed by atoms with Crippen LogP contribution >= 0.6 is 44.3 Å². The van der Waals surface area contributed by atoms with Crippen molar-refractivity contribution in [1.29, 1.82) is 0 Å². The fraction of sp³-hybridized carbons (Fsp3) is 0.111. The van der Waals surface area contributed by atoms with E-state index in [0.29, 0.717) is 0 Å². The van der Waals surface area contributed by atoms with Gasteiger partial charge in [0.15, 0.2) is 0 Å². The van der Waals surface area contributed by atoms with Crippen LogP contribution in [0.4, 0.5) is 0 Å². The average molecular weight is 244 g/mol. The van der Waals surface area contributed by atoms with E-state index < -0.39 is 0 Å². The fourth-order valence-electron chi connectivity index (χ4n) is 0.852. The molecule has 0 spiro atoms. The highest BCUT2D eigenvalue weighted by atomic mass is 33.1. The molecule has 13 heavy (non-hydrogen) atoms. The molecular formula is C9H8S4. The minimum absolute atomic E-state index is 1.35. The lowest BCUT2D eigenvalue weighted by atomic mass is 10.5. The number of aryl methyl sites for hydroxylation is 1. The number of thiophene rings is 2. The largest absolute Gasteiger partial charge is 0.151 e. The average Bonchev–Trinajstić information content (AvgIpc) is 2.72. The van der Waals surface area contributed by atoms with E-state index in [1.54, 1.807) is 11.3 Å². The Bertz CT molecular complexity index is 361. The monoisotopic (exact) mass is 244 g/mol. The summed E-state index contributed by atoms with van der Waals surface area (Å²) in [7, 11) is 3.68. The van der Waals surface area contributed by atoms with Crippen molar-refractivity contribution in [2.75, 3.05) is 0 Å². The van der Waals surface area contributed by atoms with E-state index in [1.165, 1.54) is 14.7 Å². The molecule has 4 heteroatoms. The van der Waals surface area contributed by atoms with Gasteiger partial charge in [0.25, 0.3) is 0 Å². The summed E-state index contributed by atoms with van der Waals surface area (Å²) in [4.78, 5) is 4.15. The van der Waals surface area contributed by atoms with Crippen LogP contribution in [0.25, 0.3) is 0 Å². The first kappa shape index (κ1) is 9.65. The van der Waals surface area contributed by atoms with Gasteiger partial charge in [-0.2, -0.15) is 11.3 Å². The van der Waals surface area contributed by atoms with Crippen LogP contribution in [0.1, 0.15) is 4.88 Å². The van der Waals surface area contributed by atoms with Gasteiger partial charge in [-0.05, 0) is 29.8 Å². The summed E-state index contributed by atoms with van der Waals surface area (Å²) in [6.45, 7) is 2.17. The van der Waals surface area contributed by atoms with Crippen LogP contribution in [-0.2, 0) is 0 Å². The van der Waals surface area contributed by atoms with E-state index in [9.17, 15) is 0 Å². The van der Waals surface area contributed by atoms with E-state index in [2.05, 4.69) is 35.2 Å². The molecule has 0 aromatic carbocycles. The van der Waals surface area contributed by atoms with Gasteiger partial charge in [-0.1, -0.05) is 21.6 Å². The second-order valence-electron chi connectivity index (χ2n) is 2.47. The third-order valence-corrected chi connectivity index (χ3v) is 5.86. The maximum Gasteiger partial charge on any atom is 0.0322 e. The highest BCUT2D eigenvalue weighted by Crippen LogP contribution is 2.40. The van der Waals surface area contributed by atoms with Crippen LogP contribution in [0.15, 0.2) is 38.1 Å². The molecule has 0 aliphatic heterocycles. The molecule has 0 radical (unpaired) electrons. The Kier molecular flexibility index (Phi) is 3.38. The van der Waals surface area contributed by atoms with Crippen LogP contribution in [0.3, 0.4) is 0 Å². The molecule has 0 saturated heterocycles. The topological polar surface area (TPSA) is 0 Å². The summed E-state index contributed by atoms with van der Waals surface area (Å²) < 4.78 is 0. The summed E-state index contributed by atoms with van der Waals surface area (Å²) in [6, 6.07) is 4.34. The predicted molar refractivity (Wildman–Crippen MR) is 65.1 cm³/mol. The smallest absolute Gasteiger partial charge is 0.0322 e. The lowest BCUT2D eigenvalue weighted by Crippen LogP contribution is -1.63. The summed E-state index contributed by atoms with van der Waals surface area (Å²) in [6.07, 6.45) is 0. The molecule has 0 atom stereocenters. The zero-order valence-electron chi connectivity index (χ0n) is 7.02. The van der Waals surface area contributed by atoms with E-state index in [-0.39, 0.29) is 0 Å². The molecule has 2 aromatic rings. The van der Waals surface area contributed by atoms with Gasteiger partial charge < -0.3 is 0 Å². The summed E-state index contributed by atoms with van der Waals surface area (Å²) in [5.41, 5.74) is 0. The normalized spacial score (nSPS) is 10.5. The quantitative estimate of drug-likeness (QED) is 0.703. The number of hydrogen-bond donors (Lipinski definition) is 0. The van der Waals surface area contributed by atoms with E-state index in [1.807, 2.05) is 32.9 Å². The van der Waals surface area contributed by atoms with Crippen molar-refractivity contribution in [2.24, 2.45) is 0 Å². The highest BCUT2D eigenvalue weighted by Gasteiger charge is 2.01. The number of rotatable bonds is 3. The van der Waals surface area contributed by atoms with Crippen LogP contribution < -0.4 is 0 Å². The Morgan fingerprint density at radius 3 is 2.69 bits per heavy atom. The van der Waals surface area contributed by atoms with Crippen molar-refractivity contribution in [3.63, 3.8) is 0 Å². The van der Waals surface area contributed by atoms with Crippen molar-refractivity contribution >= 4 is 44.3 Å². The molecule has 0 N–H and O–H groups in total. The van der Waals surface area contributed by atoms with Gasteiger partial charge in [-0.25, -0.2) is 0 Å². The standard InChI is InChI=1S/C9H8S4/c1-7-9(3-5-11-7)13-12-8-2-4-10-6-8/h2-6H,1H3. The third-order valence-electron chi connectivity index (χ3n) is 1.53. The Hall–Kier alpha value is 0.1000. The molecule has 0 unspecified atom stereocenters. The lowest BCUT2D eigenvalue weighted by molar-refractivity contribution is 1.43. The van der Waals surface area contributed by atoms with Crippen molar-refractivity contribution in [3.05, 3.63) is 33.2 Å². The van der Waals surface area contributed by atoms with Crippen molar-refractivity contribution < 1.29 is 0 Å². The minimum Gasteiger partial charge on any atom is -0.151 e. The van der Waals surface area contributed by atoms with Crippen LogP contribution in [0.5, 0.6) is 0 Å². The first-order valence-electron chi connectivity index (χ1n) is 3.77. The SMILES string of the molecule is Cc1sccc1SSc1ccsc1. The molecule has 2 rings (SSSR count). The lowest BCUT2D eigenvalue weighted by Gasteiger charge is -1.96. The molecule has 0 bridgehead atoms. The molecule has 0 fully saturated rings. The molecule has 0 aliphatic rings. The summed E-state index contributed by atoms with van der Waals surface area (Å²) >= 11 is 3.56. The zero-order chi connectivity index (χ0) is 9.10. The van der Waals surface area contributed by atoms with Crippen LogP contribution in [-0.4, -0.2) is 0 Å². The van der Waals surface area contributed by atoms with Gasteiger partial charge in [0, 0.05) is 20.0 Å². The van der Waals surface area contributed by atoms with E-state index >= 15 is 0 Å². The zero-order valence-corrected chi connectivity index (χ0v) is 10.3. The van der Waals surface area contributed by atoms with Gasteiger partial charge in [-0.3, -0.25) is 0 Å². The highest BCUT2D eigenvalue weighted by molar-refractivity contribution is 8.76. The van der Waals surface area contributed by atoms with Crippen LogP contribution in [0.2, 0.25) is 0 Å². The number of hydrogen-bond acceptors (Lipinski definition) is 4. The van der Waals surface area contributed by atoms with Gasteiger partial charge >= 0.3 is 0 Å². The minimum atomic E-state index is 1.35. The van der Waals surface area contributed by atoms with Gasteiger partial charge in [-0.15, -0.1) is 11.3 Å². The Balaban J connectivity index is 1.97. The molecule has 0 aliphatic carbocycles. The Labute approximate surface area is 93.8 Å². The molecule has 2 aromatic heterocycles. The third kappa shape index (κ3) is 2.53. The molecular weight excluding hydrogens is 236 g/mol. The summed E-state index contributed by atoms with van der Waals surface area (Å²) in [5.74, 6) is 0. The second kappa shape index (κ2) is 4.55. The van der Waals surface area contributed by atoms with Crippen molar-refractivity contribution in [1.82, 2.24) is 0 Å². The van der Waals surface area contributed by atoms with Gasteiger partial charge in [0.2, 0.25) is 0 Å². The maximum atomic E-state index is 2.18. The summed E-state index contributed by atoms with van der Waals surface area (Å²) in [5, 5.41) is 6.44. The second-order valence-corrected chi connectivity index (χ2v) is 6.61. The van der Waals surface area contributed by atoms with E-state index in [0.717, 1.165) is 0 Å². The molecule has 0 saturated carbocycles. The Morgan fingerprint density at radius 1 is 1.15 bits per heavy atom. The Morgan fingerprint density at radius 2 is 2.08 bits per heavy atom. The van der Waals surface area contributed by atoms with E-state index in [4.69, 9.17) is 0 Å². The fourth-order valence-corrected chi connectivity index (χ4v) is 5.06. The molecule has 0 amide bonds. The van der Waals surface area contributed by atoms with Gasteiger partial charge in [0.05, 0.1) is 0 Å². The first-order valence-corrected chi connectivity index (χ1v) is 7.74. The van der Waals surface area contributed by atoms with Crippen molar-refractivity contribution in [2.45, 2.75) is 16.7 Å². The molecule has 2 heterocycles. The van der Waals surface area contributed by atoms with Gasteiger partial charge in [0.1, 0.15) is 0 Å². The predicted octanol–water partition coefficient (Wildman–Crippen LogP) is 4.92. The van der Waals surface area contributed by atoms with Crippen LogP contribution in [0, 0.1) is 6.92 Å². The molecule has 68 valence electrons. The first-order chi connectivity index (χ1) is 6.36. The van der Waals surface area contributed by atoms with Crippen molar-refractivity contribution in [3.8, 4) is 0 Å². The molecule has 0 nitrogen and oxygen atoms in total. The maximum absolute atomic E-state index is 2.18.